The zero-order chi connectivity index (χ0) is 23.5. The average Bonchev–Trinajstić information content (AvgIpc) is 2.81. The van der Waals surface area contributed by atoms with Crippen LogP contribution in [0.5, 0.6) is 11.5 Å². The van der Waals surface area contributed by atoms with Gasteiger partial charge in [-0.25, -0.2) is 9.97 Å². The van der Waals surface area contributed by atoms with Crippen molar-refractivity contribution < 1.29 is 15.0 Å². The molecule has 3 rings (SSSR count). The molecule has 174 valence electrons. The van der Waals surface area contributed by atoms with Gasteiger partial charge in [-0.1, -0.05) is 57.6 Å². The van der Waals surface area contributed by atoms with Crippen molar-refractivity contribution in [1.29, 1.82) is 0 Å². The van der Waals surface area contributed by atoms with Crippen LogP contribution in [0.25, 0.3) is 11.3 Å². The molecule has 6 nitrogen and oxygen atoms in total. The number of nitrogens with one attached hydrogen (secondary N) is 1. The minimum atomic E-state index is -0.173. The average molecular weight is 448 g/mol. The van der Waals surface area contributed by atoms with Crippen molar-refractivity contribution in [3.63, 3.8) is 0 Å². The summed E-state index contributed by atoms with van der Waals surface area (Å²) >= 11 is 0. The van der Waals surface area contributed by atoms with E-state index in [4.69, 9.17) is 4.98 Å². The van der Waals surface area contributed by atoms with E-state index >= 15 is 0 Å². The number of amides is 1. The summed E-state index contributed by atoms with van der Waals surface area (Å²) in [5.74, 6) is 0.695. The molecule has 0 saturated carbocycles. The van der Waals surface area contributed by atoms with Crippen LogP contribution in [0.15, 0.2) is 54.7 Å². The number of hydrogen-bond donors (Lipinski definition) is 3. The first kappa shape index (κ1) is 24.2. The Morgan fingerprint density at radius 3 is 2.12 bits per heavy atom. The molecule has 1 heterocycles. The van der Waals surface area contributed by atoms with E-state index < -0.39 is 0 Å². The summed E-state index contributed by atoms with van der Waals surface area (Å²) in [6, 6.07) is 13.5. The van der Waals surface area contributed by atoms with Gasteiger partial charge in [0.05, 0.1) is 24.0 Å². The fourth-order valence-corrected chi connectivity index (χ4v) is 3.70. The Bertz CT molecular complexity index is 1020. The van der Waals surface area contributed by atoms with Crippen LogP contribution >= 0.6 is 0 Å². The maximum absolute atomic E-state index is 12.6. The third-order valence-electron chi connectivity index (χ3n) is 5.58. The predicted molar refractivity (Wildman–Crippen MR) is 131 cm³/mol. The van der Waals surface area contributed by atoms with Crippen LogP contribution in [0, 0.1) is 0 Å². The van der Waals surface area contributed by atoms with Crippen molar-refractivity contribution in [2.24, 2.45) is 0 Å². The maximum atomic E-state index is 12.6. The highest BCUT2D eigenvalue weighted by Crippen LogP contribution is 2.23. The Hall–Kier alpha value is -3.41. The third kappa shape index (κ3) is 7.90. The van der Waals surface area contributed by atoms with Crippen LogP contribution in [0.1, 0.15) is 63.1 Å². The predicted octanol–water partition coefficient (Wildman–Crippen LogP) is 6.03. The van der Waals surface area contributed by atoms with E-state index in [0.717, 1.165) is 36.1 Å². The van der Waals surface area contributed by atoms with Crippen LogP contribution in [0.3, 0.4) is 0 Å². The molecule has 1 aromatic heterocycles. The van der Waals surface area contributed by atoms with E-state index in [-0.39, 0.29) is 23.8 Å². The van der Waals surface area contributed by atoms with Crippen molar-refractivity contribution in [2.45, 2.75) is 64.7 Å². The van der Waals surface area contributed by atoms with E-state index in [1.54, 1.807) is 54.7 Å². The lowest BCUT2D eigenvalue weighted by Gasteiger charge is -2.12. The lowest BCUT2D eigenvalue weighted by Crippen LogP contribution is -2.17. The van der Waals surface area contributed by atoms with Crippen molar-refractivity contribution in [2.75, 3.05) is 5.32 Å². The number of aryl methyl sites for hydroxylation is 1. The van der Waals surface area contributed by atoms with E-state index in [1.807, 2.05) is 0 Å². The number of hydrogen-bond acceptors (Lipinski definition) is 5. The van der Waals surface area contributed by atoms with E-state index in [1.165, 1.54) is 32.1 Å². The van der Waals surface area contributed by atoms with Crippen molar-refractivity contribution in [1.82, 2.24) is 9.97 Å². The maximum Gasteiger partial charge on any atom is 0.229 e. The van der Waals surface area contributed by atoms with Crippen LogP contribution in [-0.2, 0) is 17.6 Å². The van der Waals surface area contributed by atoms with Crippen molar-refractivity contribution >= 4 is 11.7 Å². The normalized spacial score (nSPS) is 10.8. The summed E-state index contributed by atoms with van der Waals surface area (Å²) in [5.41, 5.74) is 3.16. The quantitative estimate of drug-likeness (QED) is 0.295. The molecule has 0 aliphatic rings. The third-order valence-corrected chi connectivity index (χ3v) is 5.58. The molecule has 0 unspecified atom stereocenters. The van der Waals surface area contributed by atoms with Gasteiger partial charge in [0, 0.05) is 5.56 Å². The van der Waals surface area contributed by atoms with E-state index in [2.05, 4.69) is 17.2 Å². The lowest BCUT2D eigenvalue weighted by molar-refractivity contribution is -0.115. The number of phenols is 2. The molecule has 3 N–H and O–H groups in total. The Morgan fingerprint density at radius 2 is 1.45 bits per heavy atom. The van der Waals surface area contributed by atoms with Gasteiger partial charge in [0.15, 0.2) is 5.82 Å². The first-order valence-electron chi connectivity index (χ1n) is 11.8. The summed E-state index contributed by atoms with van der Waals surface area (Å²) in [6.45, 7) is 2.22. The van der Waals surface area contributed by atoms with Gasteiger partial charge < -0.3 is 15.5 Å². The topological polar surface area (TPSA) is 95.3 Å². The molecule has 1 amide bonds. The fourth-order valence-electron chi connectivity index (χ4n) is 3.70. The molecule has 0 spiro atoms. The molecule has 6 heteroatoms. The first-order chi connectivity index (χ1) is 16.0. The van der Waals surface area contributed by atoms with E-state index in [9.17, 15) is 15.0 Å². The van der Waals surface area contributed by atoms with Crippen LogP contribution in [0.2, 0.25) is 0 Å². The number of rotatable bonds is 12. The molecule has 2 aromatic carbocycles. The zero-order valence-electron chi connectivity index (χ0n) is 19.3. The molecule has 33 heavy (non-hydrogen) atoms. The Morgan fingerprint density at radius 1 is 0.848 bits per heavy atom. The number of aromatic nitrogens is 2. The van der Waals surface area contributed by atoms with Gasteiger partial charge in [-0.3, -0.25) is 4.79 Å². The monoisotopic (exact) mass is 447 g/mol. The second-order valence-electron chi connectivity index (χ2n) is 8.36. The summed E-state index contributed by atoms with van der Waals surface area (Å²) in [7, 11) is 0. The zero-order valence-corrected chi connectivity index (χ0v) is 19.3. The molecule has 3 aromatic rings. The van der Waals surface area contributed by atoms with Crippen LogP contribution < -0.4 is 5.32 Å². The number of anilines is 1. The first-order valence-corrected chi connectivity index (χ1v) is 11.8. The largest absolute Gasteiger partial charge is 0.508 e. The Kier molecular flexibility index (Phi) is 9.24. The molecule has 0 aliphatic heterocycles. The second kappa shape index (κ2) is 12.6. The van der Waals surface area contributed by atoms with Crippen molar-refractivity contribution in [3.05, 3.63) is 66.0 Å². The fraction of sp³-hybridized carbons (Fsp3) is 0.370. The number of benzene rings is 2. The van der Waals surface area contributed by atoms with Gasteiger partial charge in [-0.05, 0) is 54.8 Å². The molecular formula is C27H33N3O3. The minimum Gasteiger partial charge on any atom is -0.508 e. The van der Waals surface area contributed by atoms with Gasteiger partial charge in [-0.15, -0.1) is 0 Å². The number of aromatic hydroxyl groups is 2. The molecule has 0 bridgehead atoms. The Balaban J connectivity index is 1.69. The number of phenolic OH excluding ortho intramolecular Hbond substituents is 2. The number of unbranched alkanes of at least 4 members (excludes halogenated alkanes) is 6. The van der Waals surface area contributed by atoms with Crippen molar-refractivity contribution in [3.8, 4) is 22.8 Å². The minimum absolute atomic E-state index is 0.173. The van der Waals surface area contributed by atoms with Crippen LogP contribution in [-0.4, -0.2) is 26.1 Å². The highest BCUT2D eigenvalue weighted by Gasteiger charge is 2.13. The second-order valence-corrected chi connectivity index (χ2v) is 8.36. The summed E-state index contributed by atoms with van der Waals surface area (Å²) in [5, 5.41) is 21.9. The molecule has 0 fully saturated rings. The van der Waals surface area contributed by atoms with Crippen LogP contribution in [0.4, 0.5) is 5.82 Å². The molecule has 0 aliphatic carbocycles. The van der Waals surface area contributed by atoms with E-state index in [0.29, 0.717) is 11.5 Å². The van der Waals surface area contributed by atoms with Gasteiger partial charge >= 0.3 is 0 Å². The summed E-state index contributed by atoms with van der Waals surface area (Å²) in [6.07, 6.45) is 11.0. The lowest BCUT2D eigenvalue weighted by atomic mass is 10.1. The number of nitrogens with zero attached hydrogens (tertiary/aromatic N) is 2. The Labute approximate surface area is 195 Å². The molecular weight excluding hydrogens is 414 g/mol. The highest BCUT2D eigenvalue weighted by atomic mass is 16.3. The molecule has 0 saturated heterocycles. The molecule has 0 radical (unpaired) electrons. The highest BCUT2D eigenvalue weighted by molar-refractivity contribution is 5.92. The van der Waals surface area contributed by atoms with Gasteiger partial charge in [0.1, 0.15) is 11.5 Å². The smallest absolute Gasteiger partial charge is 0.229 e. The summed E-state index contributed by atoms with van der Waals surface area (Å²) in [4.78, 5) is 21.9. The standard InChI is InChI=1S/C27H33N3O3/c1-2-3-4-5-6-7-8-9-24-27(30-26(33)18-20-10-14-22(31)15-11-20)28-19-25(29-24)21-12-16-23(32)17-13-21/h10-17,19,31-32H,2-9,18H2,1H3,(H,28,30,33). The summed E-state index contributed by atoms with van der Waals surface area (Å²) < 4.78 is 0. The van der Waals surface area contributed by atoms with Gasteiger partial charge in [-0.2, -0.15) is 0 Å². The SMILES string of the molecule is CCCCCCCCCc1nc(-c2ccc(O)cc2)cnc1NC(=O)Cc1ccc(O)cc1. The van der Waals surface area contributed by atoms with Gasteiger partial charge in [0.25, 0.3) is 0 Å². The number of carbonyl (C=O) groups is 1. The number of carbonyl (C=O) groups excluding carboxylic acids is 1. The molecule has 0 atom stereocenters. The van der Waals surface area contributed by atoms with Gasteiger partial charge in [0.2, 0.25) is 5.91 Å².